The second kappa shape index (κ2) is 3.18. The molecule has 0 radical (unpaired) electrons. The first-order valence-electron chi connectivity index (χ1n) is 4.55. The van der Waals surface area contributed by atoms with Crippen LogP contribution in [0.3, 0.4) is 0 Å². The second-order valence-corrected chi connectivity index (χ2v) is 3.51. The number of nitrogens with one attached hydrogen (secondary N) is 1. The molecule has 0 aliphatic rings. The number of aromatic nitrogens is 2. The van der Waals surface area contributed by atoms with Crippen molar-refractivity contribution in [2.24, 2.45) is 0 Å². The molecular weight excluding hydrogens is 174 g/mol. The van der Waals surface area contributed by atoms with Gasteiger partial charge in [0.1, 0.15) is 5.82 Å². The Morgan fingerprint density at radius 3 is 2.50 bits per heavy atom. The van der Waals surface area contributed by atoms with Gasteiger partial charge in [-0.25, -0.2) is 0 Å². The number of hydrogen-bond donors (Lipinski definition) is 2. The molecule has 72 valence electrons. The third-order valence-electron chi connectivity index (χ3n) is 2.42. The predicted octanol–water partition coefficient (Wildman–Crippen LogP) is 2.28. The van der Waals surface area contributed by atoms with Crippen LogP contribution in [-0.4, -0.2) is 10.2 Å². The maximum atomic E-state index is 5.54. The zero-order chi connectivity index (χ0) is 10.1. The Morgan fingerprint density at radius 2 is 1.93 bits per heavy atom. The highest BCUT2D eigenvalue weighted by atomic mass is 15.2. The topological polar surface area (TPSA) is 54.7 Å². The molecule has 1 aromatic heterocycles. The lowest BCUT2D eigenvalue weighted by atomic mass is 10.0. The van der Waals surface area contributed by atoms with Gasteiger partial charge in [-0.05, 0) is 36.6 Å². The summed E-state index contributed by atoms with van der Waals surface area (Å²) in [5, 5.41) is 6.79. The number of nitrogens with zero attached hydrogens (tertiary/aromatic N) is 1. The fourth-order valence-electron chi connectivity index (χ4n) is 1.39. The number of nitrogens with two attached hydrogens (primary N) is 1. The first-order valence-corrected chi connectivity index (χ1v) is 4.55. The first-order chi connectivity index (χ1) is 6.66. The molecule has 0 spiro atoms. The average molecular weight is 187 g/mol. The van der Waals surface area contributed by atoms with Crippen LogP contribution in [0, 0.1) is 13.8 Å². The number of rotatable bonds is 1. The van der Waals surface area contributed by atoms with Gasteiger partial charge in [0, 0.05) is 6.07 Å². The molecule has 1 aromatic carbocycles. The van der Waals surface area contributed by atoms with Crippen molar-refractivity contribution in [1.29, 1.82) is 0 Å². The van der Waals surface area contributed by atoms with Crippen LogP contribution >= 0.6 is 0 Å². The van der Waals surface area contributed by atoms with E-state index in [0.29, 0.717) is 5.82 Å². The fourth-order valence-corrected chi connectivity index (χ4v) is 1.39. The Kier molecular flexibility index (Phi) is 2.00. The standard InChI is InChI=1S/C11H13N3/c1-7-3-4-9(5-8(7)2)10-6-11(12)14-13-10/h3-6H,1-2H3,(H3,12,13,14). The van der Waals surface area contributed by atoms with E-state index in [1.54, 1.807) is 0 Å². The Hall–Kier alpha value is -1.77. The van der Waals surface area contributed by atoms with Crippen LogP contribution in [0.4, 0.5) is 5.82 Å². The summed E-state index contributed by atoms with van der Waals surface area (Å²) in [5.74, 6) is 0.526. The second-order valence-electron chi connectivity index (χ2n) is 3.51. The van der Waals surface area contributed by atoms with Crippen molar-refractivity contribution >= 4 is 5.82 Å². The number of aromatic amines is 1. The predicted molar refractivity (Wildman–Crippen MR) is 57.9 cm³/mol. The molecule has 1 heterocycles. The smallest absolute Gasteiger partial charge is 0.145 e. The third-order valence-corrected chi connectivity index (χ3v) is 2.42. The maximum absolute atomic E-state index is 5.54. The molecule has 0 atom stereocenters. The quantitative estimate of drug-likeness (QED) is 0.719. The van der Waals surface area contributed by atoms with E-state index in [2.05, 4.69) is 42.2 Å². The van der Waals surface area contributed by atoms with Crippen LogP contribution in [0.25, 0.3) is 11.3 Å². The van der Waals surface area contributed by atoms with E-state index in [1.807, 2.05) is 6.07 Å². The van der Waals surface area contributed by atoms with Gasteiger partial charge in [0.05, 0.1) is 5.69 Å². The number of nitrogen functional groups attached to an aromatic ring is 1. The van der Waals surface area contributed by atoms with Crippen LogP contribution in [-0.2, 0) is 0 Å². The summed E-state index contributed by atoms with van der Waals surface area (Å²) in [6.07, 6.45) is 0. The van der Waals surface area contributed by atoms with Gasteiger partial charge in [0.2, 0.25) is 0 Å². The first kappa shape index (κ1) is 8.81. The van der Waals surface area contributed by atoms with Crippen LogP contribution in [0.15, 0.2) is 24.3 Å². The zero-order valence-corrected chi connectivity index (χ0v) is 8.33. The maximum Gasteiger partial charge on any atom is 0.145 e. The van der Waals surface area contributed by atoms with Crippen molar-refractivity contribution in [3.05, 3.63) is 35.4 Å². The minimum atomic E-state index is 0.526. The lowest BCUT2D eigenvalue weighted by Crippen LogP contribution is -1.83. The van der Waals surface area contributed by atoms with Gasteiger partial charge >= 0.3 is 0 Å². The molecule has 14 heavy (non-hydrogen) atoms. The van der Waals surface area contributed by atoms with Crippen LogP contribution in [0.1, 0.15) is 11.1 Å². The normalized spacial score (nSPS) is 10.4. The summed E-state index contributed by atoms with van der Waals surface area (Å²) in [6, 6.07) is 8.13. The highest BCUT2D eigenvalue weighted by Crippen LogP contribution is 2.21. The molecule has 0 bridgehead atoms. The molecule has 3 heteroatoms. The summed E-state index contributed by atoms with van der Waals surface area (Å²) in [5.41, 5.74) is 10.2. The van der Waals surface area contributed by atoms with Crippen LogP contribution in [0.5, 0.6) is 0 Å². The van der Waals surface area contributed by atoms with Crippen molar-refractivity contribution in [3.63, 3.8) is 0 Å². The third kappa shape index (κ3) is 1.48. The minimum Gasteiger partial charge on any atom is -0.382 e. The Balaban J connectivity index is 2.47. The highest BCUT2D eigenvalue weighted by molar-refractivity contribution is 5.63. The van der Waals surface area contributed by atoms with Crippen molar-refractivity contribution in [2.45, 2.75) is 13.8 Å². The molecule has 2 rings (SSSR count). The number of H-pyrrole nitrogens is 1. The fraction of sp³-hybridized carbons (Fsp3) is 0.182. The SMILES string of the molecule is Cc1ccc(-c2cc(N)n[nH]2)cc1C. The molecule has 0 saturated heterocycles. The van der Waals surface area contributed by atoms with Gasteiger partial charge in [-0.15, -0.1) is 0 Å². The van der Waals surface area contributed by atoms with E-state index in [1.165, 1.54) is 11.1 Å². The van der Waals surface area contributed by atoms with Gasteiger partial charge in [0.25, 0.3) is 0 Å². The summed E-state index contributed by atoms with van der Waals surface area (Å²) >= 11 is 0. The summed E-state index contributed by atoms with van der Waals surface area (Å²) < 4.78 is 0. The van der Waals surface area contributed by atoms with E-state index in [9.17, 15) is 0 Å². The van der Waals surface area contributed by atoms with Crippen molar-refractivity contribution in [1.82, 2.24) is 10.2 Å². The molecule has 0 saturated carbocycles. The van der Waals surface area contributed by atoms with Gasteiger partial charge in [-0.2, -0.15) is 5.10 Å². The molecule has 3 nitrogen and oxygen atoms in total. The summed E-state index contributed by atoms with van der Waals surface area (Å²) in [7, 11) is 0. The van der Waals surface area contributed by atoms with Crippen LogP contribution < -0.4 is 5.73 Å². The van der Waals surface area contributed by atoms with Gasteiger partial charge in [0.15, 0.2) is 0 Å². The van der Waals surface area contributed by atoms with Gasteiger partial charge in [-0.1, -0.05) is 12.1 Å². The number of benzene rings is 1. The highest BCUT2D eigenvalue weighted by Gasteiger charge is 2.02. The van der Waals surface area contributed by atoms with E-state index < -0.39 is 0 Å². The van der Waals surface area contributed by atoms with Crippen molar-refractivity contribution in [3.8, 4) is 11.3 Å². The zero-order valence-electron chi connectivity index (χ0n) is 8.33. The number of anilines is 1. The van der Waals surface area contributed by atoms with E-state index in [-0.39, 0.29) is 0 Å². The monoisotopic (exact) mass is 187 g/mol. The molecule has 0 fully saturated rings. The van der Waals surface area contributed by atoms with Crippen LogP contribution in [0.2, 0.25) is 0 Å². The minimum absolute atomic E-state index is 0.526. The summed E-state index contributed by atoms with van der Waals surface area (Å²) in [4.78, 5) is 0. The van der Waals surface area contributed by atoms with Crippen molar-refractivity contribution < 1.29 is 0 Å². The lowest BCUT2D eigenvalue weighted by molar-refractivity contribution is 1.10. The molecule has 0 unspecified atom stereocenters. The Labute approximate surface area is 83.0 Å². The average Bonchev–Trinajstić information content (AvgIpc) is 2.57. The molecule has 0 aliphatic carbocycles. The van der Waals surface area contributed by atoms with Gasteiger partial charge in [-0.3, -0.25) is 5.10 Å². The lowest BCUT2D eigenvalue weighted by Gasteiger charge is -2.02. The Bertz CT molecular complexity index is 457. The summed E-state index contributed by atoms with van der Waals surface area (Å²) in [6.45, 7) is 4.19. The van der Waals surface area contributed by atoms with Gasteiger partial charge < -0.3 is 5.73 Å². The Morgan fingerprint density at radius 1 is 1.14 bits per heavy atom. The molecule has 0 aliphatic heterocycles. The van der Waals surface area contributed by atoms with Crippen molar-refractivity contribution in [2.75, 3.05) is 5.73 Å². The van der Waals surface area contributed by atoms with E-state index in [0.717, 1.165) is 11.3 Å². The largest absolute Gasteiger partial charge is 0.382 e. The number of hydrogen-bond acceptors (Lipinski definition) is 2. The number of aryl methyl sites for hydroxylation is 2. The molecule has 2 aromatic rings. The molecule has 0 amide bonds. The molecular formula is C11H13N3. The van der Waals surface area contributed by atoms with E-state index >= 15 is 0 Å². The van der Waals surface area contributed by atoms with E-state index in [4.69, 9.17) is 5.73 Å². The molecule has 3 N–H and O–H groups in total.